The van der Waals surface area contributed by atoms with Crippen LogP contribution in [0.25, 0.3) is 0 Å². The fourth-order valence-corrected chi connectivity index (χ4v) is 4.28. The van der Waals surface area contributed by atoms with Crippen LogP contribution < -0.4 is 16.0 Å². The van der Waals surface area contributed by atoms with E-state index in [9.17, 15) is 19.2 Å². The van der Waals surface area contributed by atoms with Crippen LogP contribution in [0.4, 0.5) is 0 Å². The molecule has 1 aliphatic rings. The van der Waals surface area contributed by atoms with Crippen molar-refractivity contribution >= 4 is 23.7 Å². The van der Waals surface area contributed by atoms with E-state index < -0.39 is 42.0 Å². The van der Waals surface area contributed by atoms with Gasteiger partial charge in [0, 0.05) is 0 Å². The lowest BCUT2D eigenvalue weighted by molar-refractivity contribution is -0.158. The summed E-state index contributed by atoms with van der Waals surface area (Å²) in [5.74, 6) is -2.01. The van der Waals surface area contributed by atoms with Crippen LogP contribution in [-0.2, 0) is 30.3 Å². The van der Waals surface area contributed by atoms with Gasteiger partial charge in [-0.15, -0.1) is 0 Å². The van der Waals surface area contributed by atoms with Crippen LogP contribution in [0.5, 0.6) is 0 Å². The molecule has 1 aromatic rings. The monoisotopic (exact) mass is 501 g/mol. The zero-order valence-corrected chi connectivity index (χ0v) is 22.3. The molecule has 0 aromatic heterocycles. The molecule has 1 heterocycles. The first-order chi connectivity index (χ1) is 17.2. The standard InChI is InChI=1S/C28H43N3O5/c1-6-8-12-19(4)23-17-24(32)30-22(16-15-21-13-10-9-11-14-21)27(34)29-20(5)26(33)31-25(18(3)7-2)28(35)36-23/h9-11,13-14,18-20,22-23,25H,6-8,12,15-17H2,1-5H3,(H,29,34)(H,30,32)(H,31,33). The molecule has 1 aromatic carbocycles. The Balaban J connectivity index is 2.32. The van der Waals surface area contributed by atoms with E-state index in [4.69, 9.17) is 4.74 Å². The first-order valence-corrected chi connectivity index (χ1v) is 13.3. The molecule has 3 amide bonds. The molecular weight excluding hydrogens is 458 g/mol. The van der Waals surface area contributed by atoms with Gasteiger partial charge in [0.25, 0.3) is 0 Å². The maximum absolute atomic E-state index is 13.2. The van der Waals surface area contributed by atoms with Gasteiger partial charge in [-0.05, 0) is 43.6 Å². The number of unbranched alkanes of at least 4 members (excludes halogenated alkanes) is 1. The van der Waals surface area contributed by atoms with Gasteiger partial charge < -0.3 is 20.7 Å². The number of esters is 1. The lowest BCUT2D eigenvalue weighted by Crippen LogP contribution is -2.55. The molecule has 1 fully saturated rings. The number of aryl methyl sites for hydroxylation is 1. The summed E-state index contributed by atoms with van der Waals surface area (Å²) in [7, 11) is 0. The Bertz CT molecular complexity index is 875. The number of benzene rings is 1. The van der Waals surface area contributed by atoms with E-state index in [1.165, 1.54) is 0 Å². The summed E-state index contributed by atoms with van der Waals surface area (Å²) in [5.41, 5.74) is 1.05. The van der Waals surface area contributed by atoms with Gasteiger partial charge in [0.1, 0.15) is 24.2 Å². The topological polar surface area (TPSA) is 114 Å². The van der Waals surface area contributed by atoms with Gasteiger partial charge in [-0.1, -0.05) is 77.3 Å². The van der Waals surface area contributed by atoms with Crippen molar-refractivity contribution in [1.82, 2.24) is 16.0 Å². The zero-order chi connectivity index (χ0) is 26.7. The largest absolute Gasteiger partial charge is 0.460 e. The number of hydrogen-bond donors (Lipinski definition) is 3. The van der Waals surface area contributed by atoms with Gasteiger partial charge >= 0.3 is 5.97 Å². The highest BCUT2D eigenvalue weighted by Crippen LogP contribution is 2.21. The number of carbonyl (C=O) groups is 4. The molecule has 2 rings (SSSR count). The van der Waals surface area contributed by atoms with Crippen molar-refractivity contribution in [3.05, 3.63) is 35.9 Å². The van der Waals surface area contributed by atoms with Crippen LogP contribution in [0.2, 0.25) is 0 Å². The van der Waals surface area contributed by atoms with Crippen LogP contribution >= 0.6 is 0 Å². The van der Waals surface area contributed by atoms with Crippen molar-refractivity contribution in [1.29, 1.82) is 0 Å². The Morgan fingerprint density at radius 2 is 1.64 bits per heavy atom. The smallest absolute Gasteiger partial charge is 0.329 e. The molecule has 8 heteroatoms. The third-order valence-corrected chi connectivity index (χ3v) is 7.03. The predicted molar refractivity (Wildman–Crippen MR) is 139 cm³/mol. The summed E-state index contributed by atoms with van der Waals surface area (Å²) in [4.78, 5) is 52.3. The number of carbonyl (C=O) groups excluding carboxylic acids is 4. The highest BCUT2D eigenvalue weighted by Gasteiger charge is 2.35. The summed E-state index contributed by atoms with van der Waals surface area (Å²) < 4.78 is 5.88. The van der Waals surface area contributed by atoms with Crippen LogP contribution in [-0.4, -0.2) is 47.9 Å². The molecule has 6 atom stereocenters. The summed E-state index contributed by atoms with van der Waals surface area (Å²) in [6.07, 6.45) is 3.66. The second-order valence-corrected chi connectivity index (χ2v) is 10.0. The summed E-state index contributed by atoms with van der Waals surface area (Å²) in [5, 5.41) is 8.33. The Morgan fingerprint density at radius 3 is 2.28 bits per heavy atom. The average Bonchev–Trinajstić information content (AvgIpc) is 2.87. The normalized spacial score (nSPS) is 25.7. The third-order valence-electron chi connectivity index (χ3n) is 7.03. The number of amides is 3. The molecule has 0 aliphatic carbocycles. The Morgan fingerprint density at radius 1 is 0.944 bits per heavy atom. The highest BCUT2D eigenvalue weighted by atomic mass is 16.5. The van der Waals surface area contributed by atoms with Crippen LogP contribution in [0.1, 0.15) is 78.7 Å². The van der Waals surface area contributed by atoms with Gasteiger partial charge in [0.05, 0.1) is 6.42 Å². The maximum atomic E-state index is 13.2. The van der Waals surface area contributed by atoms with Crippen molar-refractivity contribution in [2.24, 2.45) is 11.8 Å². The predicted octanol–water partition coefficient (Wildman–Crippen LogP) is 3.28. The summed E-state index contributed by atoms with van der Waals surface area (Å²) in [6, 6.07) is 7.15. The third kappa shape index (κ3) is 8.95. The average molecular weight is 502 g/mol. The van der Waals surface area contributed by atoms with E-state index in [1.54, 1.807) is 6.92 Å². The minimum atomic E-state index is -0.881. The molecule has 0 bridgehead atoms. The number of ether oxygens (including phenoxy) is 1. The van der Waals surface area contributed by atoms with E-state index in [0.717, 1.165) is 24.8 Å². The maximum Gasteiger partial charge on any atom is 0.329 e. The van der Waals surface area contributed by atoms with E-state index in [1.807, 2.05) is 51.1 Å². The molecule has 1 saturated heterocycles. The van der Waals surface area contributed by atoms with Crippen LogP contribution in [0.15, 0.2) is 30.3 Å². The van der Waals surface area contributed by atoms with E-state index >= 15 is 0 Å². The Kier molecular flexibility index (Phi) is 11.9. The fraction of sp³-hybridized carbons (Fsp3) is 0.643. The first-order valence-electron chi connectivity index (χ1n) is 13.3. The summed E-state index contributed by atoms with van der Waals surface area (Å²) in [6.45, 7) is 9.43. The van der Waals surface area contributed by atoms with Crippen LogP contribution in [0, 0.1) is 11.8 Å². The molecule has 3 N–H and O–H groups in total. The van der Waals surface area contributed by atoms with Gasteiger partial charge in [0.15, 0.2) is 0 Å². The van der Waals surface area contributed by atoms with Crippen LogP contribution in [0.3, 0.4) is 0 Å². The van der Waals surface area contributed by atoms with E-state index in [-0.39, 0.29) is 24.2 Å². The van der Waals surface area contributed by atoms with Crippen molar-refractivity contribution in [3.63, 3.8) is 0 Å². The number of hydrogen-bond acceptors (Lipinski definition) is 5. The van der Waals surface area contributed by atoms with E-state index in [2.05, 4.69) is 22.9 Å². The van der Waals surface area contributed by atoms with E-state index in [0.29, 0.717) is 19.3 Å². The second-order valence-electron chi connectivity index (χ2n) is 10.0. The Hall–Kier alpha value is -2.90. The quantitative estimate of drug-likeness (QED) is 0.450. The molecule has 1 aliphatic heterocycles. The minimum absolute atomic E-state index is 0.0392. The number of cyclic esters (lactones) is 1. The zero-order valence-electron chi connectivity index (χ0n) is 22.3. The summed E-state index contributed by atoms with van der Waals surface area (Å²) >= 11 is 0. The Labute approximate surface area is 215 Å². The lowest BCUT2D eigenvalue weighted by Gasteiger charge is -2.29. The molecule has 36 heavy (non-hydrogen) atoms. The van der Waals surface area contributed by atoms with Gasteiger partial charge in [0.2, 0.25) is 17.7 Å². The molecule has 6 unspecified atom stereocenters. The number of rotatable bonds is 9. The first kappa shape index (κ1) is 29.3. The van der Waals surface area contributed by atoms with Gasteiger partial charge in [-0.2, -0.15) is 0 Å². The second kappa shape index (κ2) is 14.6. The lowest BCUT2D eigenvalue weighted by atomic mass is 9.94. The van der Waals surface area contributed by atoms with Crippen molar-refractivity contribution in [2.75, 3.05) is 0 Å². The molecular formula is C28H43N3O5. The van der Waals surface area contributed by atoms with Gasteiger partial charge in [-0.25, -0.2) is 4.79 Å². The molecule has 0 spiro atoms. The molecule has 8 nitrogen and oxygen atoms in total. The minimum Gasteiger partial charge on any atom is -0.460 e. The fourth-order valence-electron chi connectivity index (χ4n) is 4.28. The number of nitrogens with one attached hydrogen (secondary N) is 3. The van der Waals surface area contributed by atoms with Gasteiger partial charge in [-0.3, -0.25) is 14.4 Å². The van der Waals surface area contributed by atoms with Crippen molar-refractivity contribution in [2.45, 2.75) is 104 Å². The molecule has 0 saturated carbocycles. The highest BCUT2D eigenvalue weighted by molar-refractivity contribution is 5.93. The SMILES string of the molecule is CCCCC(C)C1CC(=O)NC(CCc2ccccc2)C(=O)NC(C)C(=O)NC(C(C)CC)C(=O)O1. The molecule has 200 valence electrons. The van der Waals surface area contributed by atoms with Crippen molar-refractivity contribution < 1.29 is 23.9 Å². The van der Waals surface area contributed by atoms with Crippen molar-refractivity contribution in [3.8, 4) is 0 Å². The molecule has 0 radical (unpaired) electrons.